The highest BCUT2D eigenvalue weighted by Gasteiger charge is 2.09. The number of benzene rings is 1. The second kappa shape index (κ2) is 3.06. The minimum Gasteiger partial charge on any atom is -0.550 e. The number of carboxylic acid groups (broad SMARTS) is 1. The van der Waals surface area contributed by atoms with Gasteiger partial charge in [0.15, 0.2) is 5.88 Å². The zero-order valence-electron chi connectivity index (χ0n) is 7.28. The average molecular weight is 190 g/mol. The van der Waals surface area contributed by atoms with Crippen LogP contribution < -0.4 is 5.11 Å². The van der Waals surface area contributed by atoms with Crippen LogP contribution >= 0.6 is 0 Å². The summed E-state index contributed by atoms with van der Waals surface area (Å²) in [4.78, 5) is 13.1. The van der Waals surface area contributed by atoms with E-state index in [1.807, 2.05) is 0 Å². The lowest BCUT2D eigenvalue weighted by Crippen LogP contribution is -2.24. The molecule has 72 valence electrons. The first-order valence-corrected chi connectivity index (χ1v) is 4.17. The van der Waals surface area contributed by atoms with Crippen LogP contribution in [0.4, 0.5) is 0 Å². The zero-order valence-corrected chi connectivity index (χ0v) is 7.28. The number of carbonyl (C=O) groups is 1. The SMILES string of the molecule is O=C([O-])Cc1c(O)[nH]c2ccccc12. The van der Waals surface area contributed by atoms with E-state index < -0.39 is 5.97 Å². The van der Waals surface area contributed by atoms with E-state index in [1.165, 1.54) is 0 Å². The van der Waals surface area contributed by atoms with Crippen LogP contribution in [-0.4, -0.2) is 16.1 Å². The Balaban J connectivity index is 2.62. The van der Waals surface area contributed by atoms with E-state index in [9.17, 15) is 15.0 Å². The maximum absolute atomic E-state index is 10.4. The predicted octanol–water partition coefficient (Wildman–Crippen LogP) is 0.166. The Labute approximate surface area is 79.8 Å². The van der Waals surface area contributed by atoms with Crippen molar-refractivity contribution >= 4 is 16.9 Å². The Morgan fingerprint density at radius 1 is 1.43 bits per heavy atom. The summed E-state index contributed by atoms with van der Waals surface area (Å²) >= 11 is 0. The molecule has 0 aliphatic heterocycles. The van der Waals surface area contributed by atoms with Gasteiger partial charge in [0.25, 0.3) is 0 Å². The fraction of sp³-hybridized carbons (Fsp3) is 0.100. The Bertz CT molecular complexity index is 487. The van der Waals surface area contributed by atoms with Crippen molar-refractivity contribution in [2.24, 2.45) is 0 Å². The van der Waals surface area contributed by atoms with Crippen molar-refractivity contribution in [1.29, 1.82) is 0 Å². The molecule has 0 unspecified atom stereocenters. The number of hydrogen-bond donors (Lipinski definition) is 2. The third-order valence-corrected chi connectivity index (χ3v) is 2.11. The second-order valence-electron chi connectivity index (χ2n) is 3.05. The standard InChI is InChI=1S/C10H9NO3/c12-9(13)5-7-6-3-1-2-4-8(6)11-10(7)14/h1-4,11,14H,5H2,(H,12,13)/p-1. The molecular formula is C10H8NO3-. The summed E-state index contributed by atoms with van der Waals surface area (Å²) in [5, 5.41) is 20.6. The molecule has 0 bridgehead atoms. The summed E-state index contributed by atoms with van der Waals surface area (Å²) in [5.41, 5.74) is 1.10. The minimum atomic E-state index is -1.20. The molecule has 0 saturated carbocycles. The largest absolute Gasteiger partial charge is 0.550 e. The first-order valence-electron chi connectivity index (χ1n) is 4.17. The van der Waals surface area contributed by atoms with Crippen molar-refractivity contribution in [3.8, 4) is 5.88 Å². The number of para-hydroxylation sites is 1. The highest BCUT2D eigenvalue weighted by Crippen LogP contribution is 2.26. The third-order valence-electron chi connectivity index (χ3n) is 2.11. The summed E-state index contributed by atoms with van der Waals surface area (Å²) in [6.07, 6.45) is -0.282. The summed E-state index contributed by atoms with van der Waals surface area (Å²) in [5.74, 6) is -1.31. The lowest BCUT2D eigenvalue weighted by Gasteiger charge is -2.00. The van der Waals surface area contributed by atoms with Crippen molar-refractivity contribution in [3.05, 3.63) is 29.8 Å². The molecule has 0 aliphatic rings. The number of rotatable bonds is 2. The van der Waals surface area contributed by atoms with Gasteiger partial charge in [-0.15, -0.1) is 0 Å². The van der Waals surface area contributed by atoms with E-state index >= 15 is 0 Å². The first kappa shape index (κ1) is 8.62. The lowest BCUT2D eigenvalue weighted by molar-refractivity contribution is -0.304. The van der Waals surface area contributed by atoms with Crippen LogP contribution in [0.25, 0.3) is 10.9 Å². The minimum absolute atomic E-state index is 0.101. The van der Waals surface area contributed by atoms with Gasteiger partial charge >= 0.3 is 0 Å². The molecule has 1 aromatic carbocycles. The molecule has 4 nitrogen and oxygen atoms in total. The number of aromatic amines is 1. The Hall–Kier alpha value is -1.97. The number of carbonyl (C=O) groups excluding carboxylic acids is 1. The van der Waals surface area contributed by atoms with E-state index in [0.717, 1.165) is 5.52 Å². The summed E-state index contributed by atoms with van der Waals surface area (Å²) in [7, 11) is 0. The highest BCUT2D eigenvalue weighted by atomic mass is 16.4. The number of aromatic nitrogens is 1. The summed E-state index contributed by atoms with van der Waals surface area (Å²) in [6, 6.07) is 7.12. The Morgan fingerprint density at radius 2 is 2.14 bits per heavy atom. The van der Waals surface area contributed by atoms with Crippen LogP contribution in [0.1, 0.15) is 5.56 Å². The Morgan fingerprint density at radius 3 is 2.86 bits per heavy atom. The molecule has 0 fully saturated rings. The average Bonchev–Trinajstić information content (AvgIpc) is 2.43. The number of aliphatic carboxylic acids is 1. The fourth-order valence-corrected chi connectivity index (χ4v) is 1.51. The van der Waals surface area contributed by atoms with Gasteiger partial charge in [-0.3, -0.25) is 0 Å². The molecule has 0 saturated heterocycles. The molecule has 2 aromatic rings. The molecule has 14 heavy (non-hydrogen) atoms. The summed E-state index contributed by atoms with van der Waals surface area (Å²) in [6.45, 7) is 0. The molecule has 2 N–H and O–H groups in total. The van der Waals surface area contributed by atoms with E-state index in [2.05, 4.69) is 4.98 Å². The first-order chi connectivity index (χ1) is 6.68. The molecule has 0 spiro atoms. The highest BCUT2D eigenvalue weighted by molar-refractivity contribution is 5.88. The van der Waals surface area contributed by atoms with Gasteiger partial charge in [0.05, 0.1) is 0 Å². The second-order valence-corrected chi connectivity index (χ2v) is 3.05. The molecule has 4 heteroatoms. The Kier molecular flexibility index (Phi) is 1.89. The van der Waals surface area contributed by atoms with Gasteiger partial charge in [-0.05, 0) is 6.07 Å². The molecule has 0 aliphatic carbocycles. The van der Waals surface area contributed by atoms with Gasteiger partial charge in [-0.1, -0.05) is 18.2 Å². The number of carboxylic acids is 1. The van der Waals surface area contributed by atoms with E-state index in [4.69, 9.17) is 0 Å². The molecule has 0 amide bonds. The van der Waals surface area contributed by atoms with Gasteiger partial charge in [-0.2, -0.15) is 0 Å². The number of hydrogen-bond acceptors (Lipinski definition) is 3. The number of aromatic hydroxyl groups is 1. The van der Waals surface area contributed by atoms with Gasteiger partial charge < -0.3 is 20.0 Å². The van der Waals surface area contributed by atoms with E-state index in [0.29, 0.717) is 10.9 Å². The molecule has 2 rings (SSSR count). The number of H-pyrrole nitrogens is 1. The van der Waals surface area contributed by atoms with Crippen molar-refractivity contribution in [1.82, 2.24) is 4.98 Å². The van der Waals surface area contributed by atoms with Crippen LogP contribution in [0, 0.1) is 0 Å². The van der Waals surface area contributed by atoms with Crippen molar-refractivity contribution < 1.29 is 15.0 Å². The van der Waals surface area contributed by atoms with Crippen molar-refractivity contribution in [2.45, 2.75) is 6.42 Å². The lowest BCUT2D eigenvalue weighted by atomic mass is 10.1. The molecule has 1 aromatic heterocycles. The molecular weight excluding hydrogens is 182 g/mol. The maximum Gasteiger partial charge on any atom is 0.193 e. The zero-order chi connectivity index (χ0) is 10.1. The van der Waals surface area contributed by atoms with Crippen LogP contribution in [-0.2, 0) is 11.2 Å². The van der Waals surface area contributed by atoms with E-state index in [1.54, 1.807) is 24.3 Å². The molecule has 1 heterocycles. The number of nitrogens with one attached hydrogen (secondary N) is 1. The van der Waals surface area contributed by atoms with E-state index in [-0.39, 0.29) is 12.3 Å². The van der Waals surface area contributed by atoms with Gasteiger partial charge in [0.2, 0.25) is 0 Å². The predicted molar refractivity (Wildman–Crippen MR) is 48.7 cm³/mol. The smallest absolute Gasteiger partial charge is 0.193 e. The van der Waals surface area contributed by atoms with Gasteiger partial charge in [0.1, 0.15) is 0 Å². The van der Waals surface area contributed by atoms with Crippen LogP contribution in [0.2, 0.25) is 0 Å². The summed E-state index contributed by atoms with van der Waals surface area (Å²) < 4.78 is 0. The van der Waals surface area contributed by atoms with Crippen LogP contribution in [0.5, 0.6) is 5.88 Å². The molecule has 0 radical (unpaired) electrons. The topological polar surface area (TPSA) is 76.2 Å². The molecule has 0 atom stereocenters. The van der Waals surface area contributed by atoms with Crippen LogP contribution in [0.15, 0.2) is 24.3 Å². The maximum atomic E-state index is 10.4. The van der Waals surface area contributed by atoms with Crippen molar-refractivity contribution in [2.75, 3.05) is 0 Å². The quantitative estimate of drug-likeness (QED) is 0.708. The van der Waals surface area contributed by atoms with Gasteiger partial charge in [-0.25, -0.2) is 0 Å². The van der Waals surface area contributed by atoms with Crippen LogP contribution in [0.3, 0.4) is 0 Å². The fourth-order valence-electron chi connectivity index (χ4n) is 1.51. The van der Waals surface area contributed by atoms with Gasteiger partial charge in [0, 0.05) is 28.9 Å². The number of fused-ring (bicyclic) bond motifs is 1. The normalized spacial score (nSPS) is 10.6. The third kappa shape index (κ3) is 1.31. The monoisotopic (exact) mass is 190 g/mol. The van der Waals surface area contributed by atoms with Crippen molar-refractivity contribution in [3.63, 3.8) is 0 Å².